The first-order valence-corrected chi connectivity index (χ1v) is 15.4. The molecule has 5 rings (SSSR count). The first kappa shape index (κ1) is 24.5. The molecular weight excluding hydrogens is 480 g/mol. The number of sulfone groups is 1. The van der Waals surface area contributed by atoms with Crippen molar-refractivity contribution in [1.82, 2.24) is 10.2 Å². The molecule has 0 aromatic carbocycles. The highest BCUT2D eigenvalue weighted by molar-refractivity contribution is 7.92. The van der Waals surface area contributed by atoms with E-state index in [0.29, 0.717) is 16.8 Å². The molecule has 8 heteroatoms. The topological polar surface area (TPSA) is 79.6 Å². The molecule has 6 nitrogen and oxygen atoms in total. The van der Waals surface area contributed by atoms with Crippen molar-refractivity contribution in [3.05, 3.63) is 53.1 Å². The van der Waals surface area contributed by atoms with Gasteiger partial charge in [0, 0.05) is 29.5 Å². The quantitative estimate of drug-likeness (QED) is 0.434. The Hall–Kier alpha value is -2.16. The molecule has 4 aliphatic rings. The van der Waals surface area contributed by atoms with Crippen LogP contribution >= 0.6 is 11.3 Å². The summed E-state index contributed by atoms with van der Waals surface area (Å²) in [5, 5.41) is 3.12. The molecular formula is C27H34N2O4S2. The minimum absolute atomic E-state index is 0.156. The minimum atomic E-state index is -3.27. The van der Waals surface area contributed by atoms with Gasteiger partial charge in [0.2, 0.25) is 0 Å². The first-order chi connectivity index (χ1) is 16.9. The zero-order valence-corrected chi connectivity index (χ0v) is 21.9. The molecule has 1 unspecified atom stereocenters. The molecule has 188 valence electrons. The summed E-state index contributed by atoms with van der Waals surface area (Å²) in [5.41, 5.74) is 2.48. The van der Waals surface area contributed by atoms with E-state index in [0.717, 1.165) is 55.9 Å². The van der Waals surface area contributed by atoms with Gasteiger partial charge in [0.1, 0.15) is 9.97 Å². The summed E-state index contributed by atoms with van der Waals surface area (Å²) in [4.78, 5) is 15.7. The number of carbonyl (C=O) groups excluding carboxylic acids is 1. The molecule has 1 saturated heterocycles. The Bertz CT molecular complexity index is 1220. The van der Waals surface area contributed by atoms with E-state index in [1.54, 1.807) is 6.07 Å². The van der Waals surface area contributed by atoms with Crippen LogP contribution < -0.4 is 5.32 Å². The lowest BCUT2D eigenvalue weighted by Crippen LogP contribution is -2.38. The maximum atomic E-state index is 12.6. The number of likely N-dealkylation sites (tertiary alicyclic amines) is 1. The van der Waals surface area contributed by atoms with Gasteiger partial charge in [-0.15, -0.1) is 11.3 Å². The second-order valence-corrected chi connectivity index (χ2v) is 13.5. The summed E-state index contributed by atoms with van der Waals surface area (Å²) < 4.78 is 29.5. The normalized spacial score (nSPS) is 24.0. The Labute approximate surface area is 212 Å². The van der Waals surface area contributed by atoms with Gasteiger partial charge < -0.3 is 9.73 Å². The molecule has 1 N–H and O–H groups in total. The largest absolute Gasteiger partial charge is 0.464 e. The predicted octanol–water partition coefficient (Wildman–Crippen LogP) is 5.76. The van der Waals surface area contributed by atoms with Gasteiger partial charge in [0.15, 0.2) is 9.84 Å². The SMILES string of the molecule is CS(=O)(=O)c1ccc(C(=O)NC2CCC(CCN3CCCCC3c3coc4cccc-4c3)CC2)s1. The monoisotopic (exact) mass is 514 g/mol. The molecule has 2 fully saturated rings. The van der Waals surface area contributed by atoms with Crippen LogP contribution in [-0.4, -0.2) is 44.6 Å². The molecule has 1 atom stereocenters. The summed E-state index contributed by atoms with van der Waals surface area (Å²) in [7, 11) is -3.27. The van der Waals surface area contributed by atoms with Crippen LogP contribution in [0.3, 0.4) is 0 Å². The van der Waals surface area contributed by atoms with E-state index in [4.69, 9.17) is 4.42 Å². The molecule has 1 amide bonds. The fourth-order valence-electron chi connectivity index (χ4n) is 5.64. The number of nitrogens with zero attached hydrogens (tertiary/aromatic N) is 1. The lowest BCUT2D eigenvalue weighted by molar-refractivity contribution is 0.0919. The molecule has 3 heterocycles. The van der Waals surface area contributed by atoms with Gasteiger partial charge in [-0.05, 0) is 88.2 Å². The average molecular weight is 515 g/mol. The van der Waals surface area contributed by atoms with E-state index >= 15 is 0 Å². The number of carbonyl (C=O) groups is 1. The van der Waals surface area contributed by atoms with Crippen LogP contribution in [0.5, 0.6) is 0 Å². The molecule has 35 heavy (non-hydrogen) atoms. The van der Waals surface area contributed by atoms with Crippen LogP contribution in [-0.2, 0) is 9.84 Å². The molecule has 1 saturated carbocycles. The number of piperidine rings is 1. The van der Waals surface area contributed by atoms with Crippen molar-refractivity contribution in [2.45, 2.75) is 67.7 Å². The van der Waals surface area contributed by atoms with E-state index in [-0.39, 0.29) is 16.2 Å². The standard InChI is InChI=1S/C27H34N2O4S2/c1-35(31,32)26-13-12-25(34-26)27(30)28-22-10-8-19(9-11-22)14-16-29-15-3-2-6-23(29)21-17-20-5-4-7-24(20)33-18-21/h4-5,7,12-13,17-19,22-23H,2-3,6,8-11,14-16H2,1H3,(H,28,30). The van der Waals surface area contributed by atoms with Crippen molar-refractivity contribution in [2.24, 2.45) is 5.92 Å². The molecule has 2 aliphatic carbocycles. The second kappa shape index (κ2) is 10.4. The fraction of sp³-hybridized carbons (Fsp3) is 0.519. The fourth-order valence-corrected chi connectivity index (χ4v) is 7.47. The number of nitrogens with one attached hydrogen (secondary N) is 1. The summed E-state index contributed by atoms with van der Waals surface area (Å²) in [6.07, 6.45) is 12.2. The van der Waals surface area contributed by atoms with Crippen LogP contribution in [0.25, 0.3) is 11.3 Å². The van der Waals surface area contributed by atoms with Crippen LogP contribution in [0.1, 0.15) is 72.6 Å². The van der Waals surface area contributed by atoms with Gasteiger partial charge in [0.05, 0.1) is 11.1 Å². The van der Waals surface area contributed by atoms with E-state index in [9.17, 15) is 13.2 Å². The third-order valence-electron chi connectivity index (χ3n) is 7.63. The Balaban J connectivity index is 1.11. The Morgan fingerprint density at radius 1 is 1.11 bits per heavy atom. The predicted molar refractivity (Wildman–Crippen MR) is 139 cm³/mol. The van der Waals surface area contributed by atoms with Crippen molar-refractivity contribution >= 4 is 27.1 Å². The van der Waals surface area contributed by atoms with Crippen LogP contribution in [0.2, 0.25) is 0 Å². The van der Waals surface area contributed by atoms with Crippen molar-refractivity contribution in [2.75, 3.05) is 19.3 Å². The number of fused-ring (bicyclic) bond motifs is 1. The Morgan fingerprint density at radius 3 is 2.71 bits per heavy atom. The zero-order valence-electron chi connectivity index (χ0n) is 20.2. The van der Waals surface area contributed by atoms with Gasteiger partial charge >= 0.3 is 0 Å². The molecule has 1 aromatic rings. The summed E-state index contributed by atoms with van der Waals surface area (Å²) in [6.45, 7) is 2.25. The van der Waals surface area contributed by atoms with E-state index < -0.39 is 9.84 Å². The first-order valence-electron chi connectivity index (χ1n) is 12.7. The highest BCUT2D eigenvalue weighted by Gasteiger charge is 2.28. The maximum absolute atomic E-state index is 12.6. The Morgan fingerprint density at radius 2 is 1.94 bits per heavy atom. The minimum Gasteiger partial charge on any atom is -0.464 e. The molecule has 2 aliphatic heterocycles. The van der Waals surface area contributed by atoms with Gasteiger partial charge in [0.25, 0.3) is 5.91 Å². The molecule has 0 bridgehead atoms. The smallest absolute Gasteiger partial charge is 0.261 e. The van der Waals surface area contributed by atoms with Crippen LogP contribution in [0, 0.1) is 5.92 Å². The van der Waals surface area contributed by atoms with Crippen molar-refractivity contribution in [3.8, 4) is 11.3 Å². The summed E-state index contributed by atoms with van der Waals surface area (Å²) in [6, 6.07) is 12.2. The van der Waals surface area contributed by atoms with Crippen LogP contribution in [0.15, 0.2) is 51.3 Å². The number of hydrogen-bond acceptors (Lipinski definition) is 6. The van der Waals surface area contributed by atoms with E-state index in [1.165, 1.54) is 49.1 Å². The molecule has 0 spiro atoms. The maximum Gasteiger partial charge on any atom is 0.261 e. The number of hydrogen-bond donors (Lipinski definition) is 1. The Kier molecular flexibility index (Phi) is 7.32. The third-order valence-corrected chi connectivity index (χ3v) is 10.5. The van der Waals surface area contributed by atoms with Crippen molar-refractivity contribution < 1.29 is 17.6 Å². The van der Waals surface area contributed by atoms with Gasteiger partial charge in [-0.1, -0.05) is 18.6 Å². The highest BCUT2D eigenvalue weighted by Crippen LogP contribution is 2.36. The number of amides is 1. The third kappa shape index (κ3) is 5.81. The highest BCUT2D eigenvalue weighted by atomic mass is 32.2. The summed E-state index contributed by atoms with van der Waals surface area (Å²) >= 11 is 1.05. The van der Waals surface area contributed by atoms with Gasteiger partial charge in [-0.2, -0.15) is 0 Å². The number of rotatable bonds is 7. The van der Waals surface area contributed by atoms with E-state index in [1.807, 2.05) is 18.4 Å². The lowest BCUT2D eigenvalue weighted by Gasteiger charge is -2.37. The van der Waals surface area contributed by atoms with Crippen molar-refractivity contribution in [3.63, 3.8) is 0 Å². The van der Waals surface area contributed by atoms with Gasteiger partial charge in [-0.3, -0.25) is 9.69 Å². The van der Waals surface area contributed by atoms with E-state index in [2.05, 4.69) is 22.3 Å². The lowest BCUT2D eigenvalue weighted by atomic mass is 9.83. The average Bonchev–Trinajstić information content (AvgIpc) is 3.53. The number of thiophene rings is 1. The molecule has 0 radical (unpaired) electrons. The summed E-state index contributed by atoms with van der Waals surface area (Å²) in [5.74, 6) is 1.48. The second-order valence-electron chi connectivity index (χ2n) is 10.1. The zero-order chi connectivity index (χ0) is 24.4. The van der Waals surface area contributed by atoms with Gasteiger partial charge in [-0.25, -0.2) is 8.42 Å². The van der Waals surface area contributed by atoms with Crippen molar-refractivity contribution in [1.29, 1.82) is 0 Å². The van der Waals surface area contributed by atoms with Crippen LogP contribution in [0.4, 0.5) is 0 Å². The molecule has 1 aromatic heterocycles.